The van der Waals surface area contributed by atoms with E-state index in [0.717, 1.165) is 0 Å². The number of halogens is 2. The highest BCUT2D eigenvalue weighted by molar-refractivity contribution is 5.88. The zero-order valence-electron chi connectivity index (χ0n) is 8.53. The van der Waals surface area contributed by atoms with Crippen molar-refractivity contribution in [2.24, 2.45) is 0 Å². The lowest BCUT2D eigenvalue weighted by Crippen LogP contribution is -2.26. The fraction of sp³-hybridized carbons (Fsp3) is 0. The largest absolute Gasteiger partial charge is 0.478 e. The van der Waals surface area contributed by atoms with Crippen LogP contribution in [0.1, 0.15) is 10.4 Å². The van der Waals surface area contributed by atoms with E-state index in [9.17, 15) is 23.2 Å². The molecule has 0 bridgehead atoms. The number of nitrogens with zero attached hydrogens (tertiary/aromatic N) is 1. The molecule has 0 aliphatic rings. The number of hydrogen-bond acceptors (Lipinski definition) is 3. The van der Waals surface area contributed by atoms with E-state index in [4.69, 9.17) is 5.11 Å². The molecule has 0 aliphatic heterocycles. The smallest absolute Gasteiger partial charge is 0.349 e. The highest BCUT2D eigenvalue weighted by Gasteiger charge is 2.18. The molecule has 9 heteroatoms. The topological polar surface area (TPSA) is 108 Å². The van der Waals surface area contributed by atoms with Gasteiger partial charge in [0.2, 0.25) is 0 Å². The van der Waals surface area contributed by atoms with Gasteiger partial charge in [0.25, 0.3) is 0 Å². The van der Waals surface area contributed by atoms with E-state index >= 15 is 0 Å². The van der Waals surface area contributed by atoms with E-state index in [1.165, 1.54) is 0 Å². The van der Waals surface area contributed by atoms with E-state index in [1.807, 2.05) is 10.2 Å². The van der Waals surface area contributed by atoms with Gasteiger partial charge in [0, 0.05) is 6.07 Å². The van der Waals surface area contributed by atoms with Crippen molar-refractivity contribution in [3.05, 3.63) is 50.3 Å². The number of benzene rings is 1. The number of carboxylic acids is 1. The van der Waals surface area contributed by atoms with Gasteiger partial charge in [-0.15, -0.1) is 0 Å². The van der Waals surface area contributed by atoms with Gasteiger partial charge in [-0.2, -0.15) is 0 Å². The van der Waals surface area contributed by atoms with Gasteiger partial charge >= 0.3 is 17.3 Å². The van der Waals surface area contributed by atoms with Crippen LogP contribution in [-0.4, -0.2) is 25.8 Å². The Bertz CT molecular complexity index is 716. The molecule has 0 spiro atoms. The van der Waals surface area contributed by atoms with Gasteiger partial charge in [0.05, 0.1) is 11.3 Å². The van der Waals surface area contributed by atoms with Crippen LogP contribution >= 0.6 is 0 Å². The summed E-state index contributed by atoms with van der Waals surface area (Å²) in [4.78, 5) is 33.1. The number of H-pyrrole nitrogens is 2. The molecule has 1 aromatic heterocycles. The van der Waals surface area contributed by atoms with Crippen LogP contribution < -0.4 is 11.4 Å². The number of rotatable bonds is 2. The normalized spacial score (nSPS) is 10.6. The van der Waals surface area contributed by atoms with Crippen molar-refractivity contribution in [3.8, 4) is 5.69 Å². The van der Waals surface area contributed by atoms with Gasteiger partial charge in [-0.05, 0) is 6.07 Å². The first-order valence-electron chi connectivity index (χ1n) is 4.54. The lowest BCUT2D eigenvalue weighted by molar-refractivity contribution is 0.0691. The van der Waals surface area contributed by atoms with Crippen LogP contribution in [0, 0.1) is 11.6 Å². The number of carbonyl (C=O) groups is 1. The van der Waals surface area contributed by atoms with Crippen LogP contribution in [0.4, 0.5) is 8.78 Å². The highest BCUT2D eigenvalue weighted by atomic mass is 19.1. The number of carboxylic acid groups (broad SMARTS) is 1. The van der Waals surface area contributed by atoms with Crippen molar-refractivity contribution < 1.29 is 18.7 Å². The van der Waals surface area contributed by atoms with Crippen molar-refractivity contribution in [3.63, 3.8) is 0 Å². The Hall–Kier alpha value is -2.71. The fourth-order valence-corrected chi connectivity index (χ4v) is 1.40. The molecule has 7 nitrogen and oxygen atoms in total. The minimum atomic E-state index is -1.64. The van der Waals surface area contributed by atoms with Crippen LogP contribution in [0.3, 0.4) is 0 Å². The van der Waals surface area contributed by atoms with Crippen LogP contribution in [0.15, 0.2) is 21.7 Å². The number of nitrogens with one attached hydrogen (secondary N) is 2. The van der Waals surface area contributed by atoms with Crippen molar-refractivity contribution in [2.75, 3.05) is 0 Å². The second-order valence-corrected chi connectivity index (χ2v) is 3.28. The minimum absolute atomic E-state index is 0.289. The number of aromatic carboxylic acids is 1. The number of hydrogen-bond donors (Lipinski definition) is 3. The second kappa shape index (κ2) is 3.95. The predicted octanol–water partition coefficient (Wildman–Crippen LogP) is -0.170. The third kappa shape index (κ3) is 1.71. The Morgan fingerprint density at radius 1 is 1.11 bits per heavy atom. The zero-order chi connectivity index (χ0) is 13.4. The molecule has 0 atom stereocenters. The molecule has 0 aliphatic carbocycles. The maximum absolute atomic E-state index is 13.5. The maximum atomic E-state index is 13.5. The Morgan fingerprint density at radius 3 is 2.17 bits per heavy atom. The molecule has 94 valence electrons. The standard InChI is InChI=1S/C9H5F2N3O4/c10-4-2-5(11)6(1-3(4)7(15)16)14-8(17)12-13-9(14)18/h1-2H,(H,12,17)(H,13,18)(H,15,16). The highest BCUT2D eigenvalue weighted by Crippen LogP contribution is 2.16. The van der Waals surface area contributed by atoms with Gasteiger partial charge in [0.15, 0.2) is 5.82 Å². The zero-order valence-corrected chi connectivity index (χ0v) is 8.53. The summed E-state index contributed by atoms with van der Waals surface area (Å²) in [5.74, 6) is -4.18. The first-order chi connectivity index (χ1) is 8.41. The lowest BCUT2D eigenvalue weighted by atomic mass is 10.2. The third-order valence-electron chi connectivity index (χ3n) is 2.19. The summed E-state index contributed by atoms with van der Waals surface area (Å²) in [6.07, 6.45) is 0. The van der Waals surface area contributed by atoms with Crippen LogP contribution in [0.25, 0.3) is 5.69 Å². The van der Waals surface area contributed by atoms with E-state index < -0.39 is 40.2 Å². The molecule has 1 heterocycles. The van der Waals surface area contributed by atoms with Crippen molar-refractivity contribution >= 4 is 5.97 Å². The predicted molar refractivity (Wildman–Crippen MR) is 53.9 cm³/mol. The Morgan fingerprint density at radius 2 is 1.67 bits per heavy atom. The van der Waals surface area contributed by atoms with Gasteiger partial charge in [-0.25, -0.2) is 37.9 Å². The molecule has 18 heavy (non-hydrogen) atoms. The lowest BCUT2D eigenvalue weighted by Gasteiger charge is -2.04. The van der Waals surface area contributed by atoms with Crippen LogP contribution in [0.5, 0.6) is 0 Å². The van der Waals surface area contributed by atoms with Crippen LogP contribution in [-0.2, 0) is 0 Å². The molecule has 0 fully saturated rings. The number of aromatic nitrogens is 3. The average Bonchev–Trinajstić information content (AvgIpc) is 2.59. The number of aromatic amines is 2. The first-order valence-corrected chi connectivity index (χ1v) is 4.54. The molecular formula is C9H5F2N3O4. The minimum Gasteiger partial charge on any atom is -0.478 e. The van der Waals surface area contributed by atoms with Crippen molar-refractivity contribution in [2.45, 2.75) is 0 Å². The first kappa shape index (κ1) is 11.8. The van der Waals surface area contributed by atoms with Gasteiger partial charge in [0.1, 0.15) is 5.82 Å². The summed E-state index contributed by atoms with van der Waals surface area (Å²) in [7, 11) is 0. The summed E-state index contributed by atoms with van der Waals surface area (Å²) in [6.45, 7) is 0. The summed E-state index contributed by atoms with van der Waals surface area (Å²) in [5.41, 5.74) is -3.50. The Kier molecular flexibility index (Phi) is 2.58. The van der Waals surface area contributed by atoms with Gasteiger partial charge in [-0.1, -0.05) is 0 Å². The van der Waals surface area contributed by atoms with Gasteiger partial charge in [-0.3, -0.25) is 0 Å². The van der Waals surface area contributed by atoms with Crippen molar-refractivity contribution in [1.82, 2.24) is 14.8 Å². The second-order valence-electron chi connectivity index (χ2n) is 3.28. The molecule has 0 unspecified atom stereocenters. The molecule has 3 N–H and O–H groups in total. The van der Waals surface area contributed by atoms with E-state index in [1.54, 1.807) is 0 Å². The molecule has 0 amide bonds. The third-order valence-corrected chi connectivity index (χ3v) is 2.19. The summed E-state index contributed by atoms with van der Waals surface area (Å²) < 4.78 is 26.9. The maximum Gasteiger partial charge on any atom is 0.349 e. The summed E-state index contributed by atoms with van der Waals surface area (Å²) in [5, 5.41) is 12.4. The molecule has 0 radical (unpaired) electrons. The quantitative estimate of drug-likeness (QED) is 0.694. The van der Waals surface area contributed by atoms with Gasteiger partial charge < -0.3 is 5.11 Å². The van der Waals surface area contributed by atoms with E-state index in [-0.39, 0.29) is 6.07 Å². The summed E-state index contributed by atoms with van der Waals surface area (Å²) in [6, 6.07) is 0.856. The molecule has 2 rings (SSSR count). The van der Waals surface area contributed by atoms with E-state index in [0.29, 0.717) is 10.6 Å². The molecule has 1 aromatic carbocycles. The molecular weight excluding hydrogens is 252 g/mol. The molecule has 2 aromatic rings. The van der Waals surface area contributed by atoms with Crippen LogP contribution in [0.2, 0.25) is 0 Å². The average molecular weight is 257 g/mol. The Balaban J connectivity index is 2.81. The molecule has 0 saturated heterocycles. The Labute approximate surface area is 96.3 Å². The SMILES string of the molecule is O=C(O)c1cc(-n2c(=O)[nH][nH]c2=O)c(F)cc1F. The summed E-state index contributed by atoms with van der Waals surface area (Å²) >= 11 is 0. The molecule has 0 saturated carbocycles. The monoisotopic (exact) mass is 257 g/mol. The van der Waals surface area contributed by atoms with Crippen molar-refractivity contribution in [1.29, 1.82) is 0 Å². The van der Waals surface area contributed by atoms with E-state index in [2.05, 4.69) is 0 Å². The fourth-order valence-electron chi connectivity index (χ4n) is 1.40.